The van der Waals surface area contributed by atoms with Crippen molar-refractivity contribution in [2.24, 2.45) is 0 Å². The zero-order valence-electron chi connectivity index (χ0n) is 12.3. The van der Waals surface area contributed by atoms with Gasteiger partial charge >= 0.3 is 6.03 Å². The summed E-state index contributed by atoms with van der Waals surface area (Å²) in [7, 11) is 0. The molecule has 0 unspecified atom stereocenters. The van der Waals surface area contributed by atoms with E-state index in [-0.39, 0.29) is 11.9 Å². The zero-order valence-corrected chi connectivity index (χ0v) is 12.3. The standard InChI is InChI=1S/C14H22N4O3/c1-12(19)18-8-6-17(7-9-18)5-4-15-14(20)16-11-13-3-2-10-21-13/h2-3,10H,4-9,11H2,1H3,(H2,15,16,20). The van der Waals surface area contributed by atoms with Crippen molar-refractivity contribution >= 4 is 11.9 Å². The summed E-state index contributed by atoms with van der Waals surface area (Å²) >= 11 is 0. The Balaban J connectivity index is 1.55. The Hall–Kier alpha value is -2.02. The molecule has 1 saturated heterocycles. The maximum absolute atomic E-state index is 11.6. The minimum absolute atomic E-state index is 0.130. The summed E-state index contributed by atoms with van der Waals surface area (Å²) in [5, 5.41) is 5.54. The quantitative estimate of drug-likeness (QED) is 0.815. The summed E-state index contributed by atoms with van der Waals surface area (Å²) in [6.07, 6.45) is 1.58. The van der Waals surface area contributed by atoms with Gasteiger partial charge in [-0.1, -0.05) is 0 Å². The molecule has 1 aromatic heterocycles. The molecule has 0 radical (unpaired) electrons. The predicted molar refractivity (Wildman–Crippen MR) is 77.6 cm³/mol. The second kappa shape index (κ2) is 7.68. The first-order valence-electron chi connectivity index (χ1n) is 7.17. The van der Waals surface area contributed by atoms with Gasteiger partial charge in [0, 0.05) is 46.2 Å². The van der Waals surface area contributed by atoms with Crippen molar-refractivity contribution in [1.82, 2.24) is 20.4 Å². The van der Waals surface area contributed by atoms with Gasteiger partial charge in [0.2, 0.25) is 5.91 Å². The molecule has 2 rings (SSSR count). The maximum Gasteiger partial charge on any atom is 0.315 e. The highest BCUT2D eigenvalue weighted by molar-refractivity contribution is 5.73. The highest BCUT2D eigenvalue weighted by Crippen LogP contribution is 2.01. The molecule has 21 heavy (non-hydrogen) atoms. The van der Waals surface area contributed by atoms with E-state index in [1.807, 2.05) is 11.0 Å². The predicted octanol–water partition coefficient (Wildman–Crippen LogP) is 0.243. The number of carbonyl (C=O) groups is 2. The molecule has 1 aromatic rings. The fourth-order valence-corrected chi connectivity index (χ4v) is 2.26. The minimum atomic E-state index is -0.200. The lowest BCUT2D eigenvalue weighted by atomic mass is 10.3. The monoisotopic (exact) mass is 294 g/mol. The number of amides is 3. The smallest absolute Gasteiger partial charge is 0.315 e. The van der Waals surface area contributed by atoms with Crippen LogP contribution in [0.15, 0.2) is 22.8 Å². The van der Waals surface area contributed by atoms with Crippen LogP contribution in [0.4, 0.5) is 4.79 Å². The Morgan fingerprint density at radius 1 is 1.24 bits per heavy atom. The maximum atomic E-state index is 11.6. The third-order valence-electron chi connectivity index (χ3n) is 3.53. The van der Waals surface area contributed by atoms with Crippen molar-refractivity contribution in [3.05, 3.63) is 24.2 Å². The van der Waals surface area contributed by atoms with Gasteiger partial charge in [0.25, 0.3) is 0 Å². The van der Waals surface area contributed by atoms with Crippen molar-refractivity contribution in [2.75, 3.05) is 39.3 Å². The topological polar surface area (TPSA) is 77.8 Å². The summed E-state index contributed by atoms with van der Waals surface area (Å²) in [6.45, 7) is 6.60. The number of hydrogen-bond acceptors (Lipinski definition) is 4. The molecule has 1 aliphatic heterocycles. The molecule has 7 nitrogen and oxygen atoms in total. The number of piperazine rings is 1. The largest absolute Gasteiger partial charge is 0.467 e. The van der Waals surface area contributed by atoms with E-state index in [4.69, 9.17) is 4.42 Å². The SMILES string of the molecule is CC(=O)N1CCN(CCNC(=O)NCc2ccco2)CC1. The van der Waals surface area contributed by atoms with Crippen LogP contribution in [0.2, 0.25) is 0 Å². The average Bonchev–Trinajstić information content (AvgIpc) is 2.99. The highest BCUT2D eigenvalue weighted by Gasteiger charge is 2.17. The van der Waals surface area contributed by atoms with Crippen molar-refractivity contribution in [3.63, 3.8) is 0 Å². The number of nitrogens with one attached hydrogen (secondary N) is 2. The van der Waals surface area contributed by atoms with E-state index in [0.29, 0.717) is 13.1 Å². The van der Waals surface area contributed by atoms with Crippen LogP contribution in [0.3, 0.4) is 0 Å². The number of carbonyl (C=O) groups excluding carboxylic acids is 2. The third-order valence-corrected chi connectivity index (χ3v) is 3.53. The van der Waals surface area contributed by atoms with Crippen molar-refractivity contribution in [2.45, 2.75) is 13.5 Å². The number of rotatable bonds is 5. The van der Waals surface area contributed by atoms with Gasteiger partial charge in [-0.15, -0.1) is 0 Å². The first-order chi connectivity index (χ1) is 10.1. The first kappa shape index (κ1) is 15.4. The molecule has 7 heteroatoms. The molecule has 1 aliphatic rings. The highest BCUT2D eigenvalue weighted by atomic mass is 16.3. The normalized spacial score (nSPS) is 15.8. The van der Waals surface area contributed by atoms with E-state index < -0.39 is 0 Å². The van der Waals surface area contributed by atoms with Crippen LogP contribution in [-0.4, -0.2) is 61.0 Å². The molecule has 0 spiro atoms. The third kappa shape index (κ3) is 5.11. The van der Waals surface area contributed by atoms with Crippen LogP contribution in [-0.2, 0) is 11.3 Å². The van der Waals surface area contributed by atoms with E-state index in [1.54, 1.807) is 19.3 Å². The van der Waals surface area contributed by atoms with Gasteiger partial charge in [-0.2, -0.15) is 0 Å². The Morgan fingerprint density at radius 3 is 2.62 bits per heavy atom. The fraction of sp³-hybridized carbons (Fsp3) is 0.571. The van der Waals surface area contributed by atoms with Gasteiger partial charge < -0.3 is 20.0 Å². The van der Waals surface area contributed by atoms with Crippen LogP contribution in [0, 0.1) is 0 Å². The Bertz CT molecular complexity index is 453. The van der Waals surface area contributed by atoms with E-state index in [1.165, 1.54) is 0 Å². The number of nitrogens with zero attached hydrogens (tertiary/aromatic N) is 2. The van der Waals surface area contributed by atoms with Crippen LogP contribution in [0.5, 0.6) is 0 Å². The van der Waals surface area contributed by atoms with Gasteiger partial charge in [0.1, 0.15) is 5.76 Å². The van der Waals surface area contributed by atoms with Gasteiger partial charge in [-0.05, 0) is 12.1 Å². The Kier molecular flexibility index (Phi) is 5.62. The molecule has 3 amide bonds. The van der Waals surface area contributed by atoms with Crippen molar-refractivity contribution in [3.8, 4) is 0 Å². The van der Waals surface area contributed by atoms with Gasteiger partial charge in [0.05, 0.1) is 12.8 Å². The molecule has 116 valence electrons. The van der Waals surface area contributed by atoms with Crippen LogP contribution in [0.25, 0.3) is 0 Å². The second-order valence-electron chi connectivity index (χ2n) is 5.04. The van der Waals surface area contributed by atoms with Crippen LogP contribution < -0.4 is 10.6 Å². The van der Waals surface area contributed by atoms with Crippen LogP contribution in [0.1, 0.15) is 12.7 Å². The number of hydrogen-bond donors (Lipinski definition) is 2. The van der Waals surface area contributed by atoms with Crippen molar-refractivity contribution in [1.29, 1.82) is 0 Å². The zero-order chi connectivity index (χ0) is 15.1. The second-order valence-corrected chi connectivity index (χ2v) is 5.04. The summed E-state index contributed by atoms with van der Waals surface area (Å²) < 4.78 is 5.13. The molecule has 0 aromatic carbocycles. The van der Waals surface area contributed by atoms with Gasteiger partial charge in [-0.3, -0.25) is 9.69 Å². The van der Waals surface area contributed by atoms with E-state index in [0.717, 1.165) is 38.5 Å². The molecular weight excluding hydrogens is 272 g/mol. The molecule has 0 bridgehead atoms. The van der Waals surface area contributed by atoms with Gasteiger partial charge in [0.15, 0.2) is 0 Å². The summed E-state index contributed by atoms with van der Waals surface area (Å²) in [5.74, 6) is 0.857. The summed E-state index contributed by atoms with van der Waals surface area (Å²) in [5.41, 5.74) is 0. The Morgan fingerprint density at radius 2 is 2.00 bits per heavy atom. The van der Waals surface area contributed by atoms with Gasteiger partial charge in [-0.25, -0.2) is 4.79 Å². The first-order valence-corrected chi connectivity index (χ1v) is 7.17. The van der Waals surface area contributed by atoms with Crippen LogP contribution >= 0.6 is 0 Å². The molecule has 1 fully saturated rings. The molecular formula is C14H22N4O3. The molecule has 2 heterocycles. The lowest BCUT2D eigenvalue weighted by Crippen LogP contribution is -2.50. The fourth-order valence-electron chi connectivity index (χ4n) is 2.26. The van der Waals surface area contributed by atoms with E-state index in [2.05, 4.69) is 15.5 Å². The summed E-state index contributed by atoms with van der Waals surface area (Å²) in [6, 6.07) is 3.40. The summed E-state index contributed by atoms with van der Waals surface area (Å²) in [4.78, 5) is 26.9. The lowest BCUT2D eigenvalue weighted by Gasteiger charge is -2.34. The van der Waals surface area contributed by atoms with Crippen molar-refractivity contribution < 1.29 is 14.0 Å². The Labute approximate surface area is 124 Å². The van der Waals surface area contributed by atoms with E-state index >= 15 is 0 Å². The lowest BCUT2D eigenvalue weighted by molar-refractivity contribution is -0.130. The molecule has 0 aliphatic carbocycles. The number of furan rings is 1. The molecule has 0 atom stereocenters. The van der Waals surface area contributed by atoms with E-state index in [9.17, 15) is 9.59 Å². The molecule has 2 N–H and O–H groups in total. The molecule has 0 saturated carbocycles. The number of urea groups is 1. The minimum Gasteiger partial charge on any atom is -0.467 e. The average molecular weight is 294 g/mol.